The molecule has 4 rings (SSSR count). The molecule has 0 spiro atoms. The fourth-order valence-electron chi connectivity index (χ4n) is 4.11. The minimum Gasteiger partial charge on any atom is -0.468 e. The number of para-hydroxylation sites is 2. The lowest BCUT2D eigenvalue weighted by atomic mass is 9.85. The van der Waals surface area contributed by atoms with Crippen LogP contribution in [0.1, 0.15) is 29.7 Å². The summed E-state index contributed by atoms with van der Waals surface area (Å²) < 4.78 is 5.65. The number of hydrogen-bond acceptors (Lipinski definition) is 6. The first-order valence-electron chi connectivity index (χ1n) is 11.4. The Labute approximate surface area is 214 Å². The maximum Gasteiger partial charge on any atom is 0.254 e. The average Bonchev–Trinajstić information content (AvgIpc) is 3.40. The molecule has 182 valence electrons. The molecule has 36 heavy (non-hydrogen) atoms. The largest absolute Gasteiger partial charge is 0.468 e. The molecule has 1 aliphatic heterocycles. The lowest BCUT2D eigenvalue weighted by Crippen LogP contribution is -2.31. The molecule has 2 heterocycles. The second kappa shape index (κ2) is 11.0. The first-order valence-corrected chi connectivity index (χ1v) is 12.4. The Balaban J connectivity index is 1.59. The first-order chi connectivity index (χ1) is 17.4. The number of nitrogens with one attached hydrogen (secondary N) is 3. The van der Waals surface area contributed by atoms with Crippen molar-refractivity contribution >= 4 is 35.0 Å². The zero-order valence-electron chi connectivity index (χ0n) is 20.2. The number of thioether (sulfide) groups is 1. The summed E-state index contributed by atoms with van der Waals surface area (Å²) in [7, 11) is 0. The quantitative estimate of drug-likeness (QED) is 0.391. The van der Waals surface area contributed by atoms with Gasteiger partial charge in [-0.05, 0) is 56.2 Å². The molecular weight excluding hydrogens is 472 g/mol. The second-order valence-electron chi connectivity index (χ2n) is 8.39. The van der Waals surface area contributed by atoms with Crippen molar-refractivity contribution in [2.75, 3.05) is 16.4 Å². The zero-order valence-corrected chi connectivity index (χ0v) is 21.0. The van der Waals surface area contributed by atoms with Gasteiger partial charge in [-0.1, -0.05) is 48.2 Å². The molecular formula is C28H26N4O3S. The summed E-state index contributed by atoms with van der Waals surface area (Å²) in [5.74, 6) is -0.668. The number of carbonyl (C=O) groups excluding carboxylic acids is 2. The lowest BCUT2D eigenvalue weighted by molar-refractivity contribution is -0.114. The summed E-state index contributed by atoms with van der Waals surface area (Å²) in [6, 6.07) is 20.7. The number of nitriles is 1. The standard InChI is InChI=1S/C28H26N4O3S/c1-17-9-7-10-18(2)26(17)32-23(33)16-36-28-21(15-29)25(22-13-8-14-35-22)24(19(3)30-28)27(34)31-20-11-5-4-6-12-20/h4-14,25,30H,16H2,1-3H3,(H,31,34)(H,32,33). The van der Waals surface area contributed by atoms with Crippen LogP contribution < -0.4 is 16.0 Å². The minimum absolute atomic E-state index is 0.0883. The number of dihydropyridines is 1. The van der Waals surface area contributed by atoms with Crippen LogP contribution in [-0.2, 0) is 9.59 Å². The third kappa shape index (κ3) is 5.37. The fourth-order valence-corrected chi connectivity index (χ4v) is 5.00. The SMILES string of the molecule is CC1=C(C(=O)Nc2ccccc2)C(c2ccco2)C(C#N)=C(SCC(=O)Nc2c(C)cccc2C)N1. The lowest BCUT2D eigenvalue weighted by Gasteiger charge is -2.28. The van der Waals surface area contributed by atoms with Gasteiger partial charge in [-0.15, -0.1) is 0 Å². The predicted molar refractivity (Wildman–Crippen MR) is 142 cm³/mol. The molecule has 2 amide bonds. The van der Waals surface area contributed by atoms with Crippen molar-refractivity contribution in [3.8, 4) is 6.07 Å². The first kappa shape index (κ1) is 24.9. The monoisotopic (exact) mass is 498 g/mol. The van der Waals surface area contributed by atoms with Crippen molar-refractivity contribution < 1.29 is 14.0 Å². The molecule has 1 atom stereocenters. The van der Waals surface area contributed by atoms with Gasteiger partial charge in [0.05, 0.1) is 40.2 Å². The van der Waals surface area contributed by atoms with Crippen molar-refractivity contribution in [3.05, 3.63) is 106 Å². The van der Waals surface area contributed by atoms with Crippen LogP contribution >= 0.6 is 11.8 Å². The number of aryl methyl sites for hydroxylation is 2. The number of rotatable bonds is 7. The Kier molecular flexibility index (Phi) is 7.62. The van der Waals surface area contributed by atoms with E-state index in [0.717, 1.165) is 16.8 Å². The number of hydrogen-bond donors (Lipinski definition) is 3. The van der Waals surface area contributed by atoms with E-state index < -0.39 is 5.92 Å². The van der Waals surface area contributed by atoms with Crippen LogP contribution in [0.5, 0.6) is 0 Å². The van der Waals surface area contributed by atoms with Crippen molar-refractivity contribution in [2.24, 2.45) is 0 Å². The highest BCUT2D eigenvalue weighted by Gasteiger charge is 2.36. The Morgan fingerprint density at radius 1 is 1.00 bits per heavy atom. The second-order valence-corrected chi connectivity index (χ2v) is 9.38. The Morgan fingerprint density at radius 2 is 1.72 bits per heavy atom. The number of furan rings is 1. The van der Waals surface area contributed by atoms with Crippen LogP contribution in [0.25, 0.3) is 0 Å². The molecule has 0 fully saturated rings. The van der Waals surface area contributed by atoms with Crippen LogP contribution in [0.2, 0.25) is 0 Å². The highest BCUT2D eigenvalue weighted by atomic mass is 32.2. The summed E-state index contributed by atoms with van der Waals surface area (Å²) >= 11 is 1.22. The number of allylic oxidation sites excluding steroid dienone is 2. The summed E-state index contributed by atoms with van der Waals surface area (Å²) in [4.78, 5) is 26.1. The van der Waals surface area contributed by atoms with Crippen LogP contribution in [0, 0.1) is 25.2 Å². The van der Waals surface area contributed by atoms with Crippen molar-refractivity contribution in [3.63, 3.8) is 0 Å². The van der Waals surface area contributed by atoms with Gasteiger partial charge in [0.1, 0.15) is 5.76 Å². The van der Waals surface area contributed by atoms with E-state index in [9.17, 15) is 14.9 Å². The molecule has 0 saturated carbocycles. The topological polar surface area (TPSA) is 107 Å². The maximum absolute atomic E-state index is 13.3. The predicted octanol–water partition coefficient (Wildman–Crippen LogP) is 5.60. The molecule has 0 bridgehead atoms. The van der Waals surface area contributed by atoms with Gasteiger partial charge in [0.15, 0.2) is 0 Å². The molecule has 1 aliphatic rings. The van der Waals surface area contributed by atoms with Crippen LogP contribution in [0.3, 0.4) is 0 Å². The van der Waals surface area contributed by atoms with Gasteiger partial charge in [-0.2, -0.15) is 5.26 Å². The van der Waals surface area contributed by atoms with Gasteiger partial charge in [0.2, 0.25) is 5.91 Å². The summed E-state index contributed by atoms with van der Waals surface area (Å²) in [6.45, 7) is 5.67. The summed E-state index contributed by atoms with van der Waals surface area (Å²) in [5, 5.41) is 19.7. The number of anilines is 2. The van der Waals surface area contributed by atoms with E-state index in [2.05, 4.69) is 22.0 Å². The van der Waals surface area contributed by atoms with Gasteiger partial charge in [0, 0.05) is 17.1 Å². The van der Waals surface area contributed by atoms with E-state index >= 15 is 0 Å². The van der Waals surface area contributed by atoms with Crippen LogP contribution in [0.4, 0.5) is 11.4 Å². The Bertz CT molecular complexity index is 1370. The fraction of sp³-hybridized carbons (Fsp3) is 0.179. The molecule has 7 nitrogen and oxygen atoms in total. The number of carbonyl (C=O) groups is 2. The Morgan fingerprint density at radius 3 is 2.36 bits per heavy atom. The molecule has 0 aliphatic carbocycles. The van der Waals surface area contributed by atoms with Gasteiger partial charge >= 0.3 is 0 Å². The average molecular weight is 499 g/mol. The van der Waals surface area contributed by atoms with Gasteiger partial charge in [0.25, 0.3) is 5.91 Å². The molecule has 3 N–H and O–H groups in total. The van der Waals surface area contributed by atoms with Gasteiger partial charge < -0.3 is 20.4 Å². The van der Waals surface area contributed by atoms with E-state index in [4.69, 9.17) is 4.42 Å². The van der Waals surface area contributed by atoms with Gasteiger partial charge in [-0.25, -0.2) is 0 Å². The summed E-state index contributed by atoms with van der Waals surface area (Å²) in [5.41, 5.74) is 4.68. The number of benzene rings is 2. The number of nitrogens with zero attached hydrogens (tertiary/aromatic N) is 1. The van der Waals surface area contributed by atoms with Crippen LogP contribution in [0.15, 0.2) is 93.2 Å². The van der Waals surface area contributed by atoms with Crippen LogP contribution in [-0.4, -0.2) is 17.6 Å². The van der Waals surface area contributed by atoms with E-state index in [1.807, 2.05) is 50.2 Å². The molecule has 8 heteroatoms. The van der Waals surface area contributed by atoms with E-state index in [1.54, 1.807) is 31.2 Å². The molecule has 0 saturated heterocycles. The van der Waals surface area contributed by atoms with E-state index in [-0.39, 0.29) is 17.6 Å². The minimum atomic E-state index is -0.709. The zero-order chi connectivity index (χ0) is 25.7. The van der Waals surface area contributed by atoms with E-state index in [1.165, 1.54) is 18.0 Å². The third-order valence-electron chi connectivity index (χ3n) is 5.84. The smallest absolute Gasteiger partial charge is 0.254 e. The van der Waals surface area contributed by atoms with Crippen molar-refractivity contribution in [1.29, 1.82) is 5.26 Å². The van der Waals surface area contributed by atoms with Gasteiger partial charge in [-0.3, -0.25) is 9.59 Å². The van der Waals surface area contributed by atoms with Crippen molar-refractivity contribution in [1.82, 2.24) is 5.32 Å². The highest BCUT2D eigenvalue weighted by Crippen LogP contribution is 2.41. The van der Waals surface area contributed by atoms with Crippen molar-refractivity contribution in [2.45, 2.75) is 26.7 Å². The molecule has 3 aromatic rings. The maximum atomic E-state index is 13.3. The number of amides is 2. The normalized spacial score (nSPS) is 15.2. The highest BCUT2D eigenvalue weighted by molar-refractivity contribution is 8.03. The molecule has 1 unspecified atom stereocenters. The molecule has 1 aromatic heterocycles. The molecule has 2 aromatic carbocycles. The third-order valence-corrected chi connectivity index (χ3v) is 6.86. The Hall–Kier alpha value is -4.22. The van der Waals surface area contributed by atoms with E-state index in [0.29, 0.717) is 33.3 Å². The summed E-state index contributed by atoms with van der Waals surface area (Å²) in [6.07, 6.45) is 1.51. The molecule has 0 radical (unpaired) electrons.